The predicted molar refractivity (Wildman–Crippen MR) is 116 cm³/mol. The molecule has 12 nitrogen and oxygen atoms in total. The normalized spacial score (nSPS) is 33.7. The maximum absolute atomic E-state index is 12.4. The summed E-state index contributed by atoms with van der Waals surface area (Å²) in [6, 6.07) is 0. The summed E-state index contributed by atoms with van der Waals surface area (Å²) in [7, 11) is 0. The summed E-state index contributed by atoms with van der Waals surface area (Å²) in [6.07, 6.45) is 1.76. The summed E-state index contributed by atoms with van der Waals surface area (Å²) in [5, 5.41) is 0. The Kier molecular flexibility index (Phi) is 7.84. The third kappa shape index (κ3) is 5.47. The molecule has 7 atom stereocenters. The Morgan fingerprint density at radius 3 is 1.08 bits per heavy atom. The quantitative estimate of drug-likeness (QED) is 0.216. The summed E-state index contributed by atoms with van der Waals surface area (Å²) >= 11 is 0. The van der Waals surface area contributed by atoms with E-state index in [0.29, 0.717) is 12.8 Å². The molecule has 0 aromatic rings. The van der Waals surface area contributed by atoms with Crippen LogP contribution in [0.5, 0.6) is 0 Å². The van der Waals surface area contributed by atoms with E-state index in [0.717, 1.165) is 0 Å². The molecular formula is C25H28O12. The van der Waals surface area contributed by atoms with E-state index < -0.39 is 89.2 Å². The number of ether oxygens (including phenoxy) is 4. The van der Waals surface area contributed by atoms with E-state index in [2.05, 4.69) is 4.74 Å². The van der Waals surface area contributed by atoms with Gasteiger partial charge in [0.2, 0.25) is 0 Å². The van der Waals surface area contributed by atoms with Crippen molar-refractivity contribution in [1.29, 1.82) is 0 Å². The Balaban J connectivity index is 1.36. The van der Waals surface area contributed by atoms with Gasteiger partial charge in [-0.3, -0.25) is 38.4 Å². The lowest BCUT2D eigenvalue weighted by Gasteiger charge is -2.19. The average Bonchev–Trinajstić information content (AvgIpc) is 3.47. The monoisotopic (exact) mass is 520 g/mol. The molecule has 37 heavy (non-hydrogen) atoms. The van der Waals surface area contributed by atoms with Crippen molar-refractivity contribution in [3.63, 3.8) is 0 Å². The van der Waals surface area contributed by atoms with Crippen molar-refractivity contribution >= 4 is 47.8 Å². The third-order valence-corrected chi connectivity index (χ3v) is 7.84. The van der Waals surface area contributed by atoms with Gasteiger partial charge in [-0.15, -0.1) is 0 Å². The number of esters is 8. The van der Waals surface area contributed by atoms with Crippen LogP contribution in [0.4, 0.5) is 0 Å². The molecule has 0 radical (unpaired) electrons. The zero-order valence-corrected chi connectivity index (χ0v) is 20.3. The molecule has 0 aromatic heterocycles. The van der Waals surface area contributed by atoms with Gasteiger partial charge in [0.1, 0.15) is 0 Å². The Hall–Kier alpha value is -3.44. The molecule has 0 spiro atoms. The van der Waals surface area contributed by atoms with Crippen LogP contribution in [-0.2, 0) is 57.3 Å². The fourth-order valence-corrected chi connectivity index (χ4v) is 5.80. The largest absolute Gasteiger partial charge is 0.393 e. The van der Waals surface area contributed by atoms with Gasteiger partial charge in [-0.05, 0) is 44.9 Å². The van der Waals surface area contributed by atoms with Crippen LogP contribution in [0.1, 0.15) is 64.7 Å². The second-order valence-electron chi connectivity index (χ2n) is 10.1. The molecule has 0 aliphatic carbocycles. The summed E-state index contributed by atoms with van der Waals surface area (Å²) in [4.78, 5) is 96.6. The van der Waals surface area contributed by atoms with Gasteiger partial charge in [0.05, 0.1) is 47.8 Å². The SMILES string of the molecule is CCCC1C(=O)OC(=O)C1CCC1C(=O)OC(=O)C1CCC1C(=O)OC(=O)C1CCC1CC(=O)OC1=O. The van der Waals surface area contributed by atoms with Crippen LogP contribution in [0, 0.1) is 41.4 Å². The molecule has 0 bridgehead atoms. The predicted octanol–water partition coefficient (Wildman–Crippen LogP) is 1.16. The van der Waals surface area contributed by atoms with Gasteiger partial charge >= 0.3 is 47.8 Å². The summed E-state index contributed by atoms with van der Waals surface area (Å²) in [5.41, 5.74) is 0. The van der Waals surface area contributed by atoms with E-state index in [4.69, 9.17) is 14.2 Å². The Morgan fingerprint density at radius 2 is 0.784 bits per heavy atom. The van der Waals surface area contributed by atoms with Crippen molar-refractivity contribution in [3.05, 3.63) is 0 Å². The minimum absolute atomic E-state index is 0.0647. The molecule has 0 aromatic carbocycles. The first-order chi connectivity index (χ1) is 17.6. The highest BCUT2D eigenvalue weighted by Gasteiger charge is 2.50. The summed E-state index contributed by atoms with van der Waals surface area (Å²) in [5.74, 6) is -10.9. The van der Waals surface area contributed by atoms with Gasteiger partial charge in [-0.25, -0.2) is 0 Å². The van der Waals surface area contributed by atoms with Crippen LogP contribution in [0.15, 0.2) is 0 Å². The molecule has 4 rings (SSSR count). The molecule has 200 valence electrons. The minimum Gasteiger partial charge on any atom is -0.393 e. The smallest absolute Gasteiger partial charge is 0.317 e. The lowest BCUT2D eigenvalue weighted by atomic mass is 9.78. The van der Waals surface area contributed by atoms with Gasteiger partial charge in [0.25, 0.3) is 0 Å². The van der Waals surface area contributed by atoms with E-state index in [9.17, 15) is 38.4 Å². The first kappa shape index (κ1) is 26.6. The van der Waals surface area contributed by atoms with E-state index >= 15 is 0 Å². The molecule has 0 amide bonds. The minimum atomic E-state index is -0.878. The molecule has 4 aliphatic heterocycles. The molecule has 12 heteroatoms. The highest BCUT2D eigenvalue weighted by molar-refractivity contribution is 5.98. The molecule has 0 N–H and O–H groups in total. The Morgan fingerprint density at radius 1 is 0.459 bits per heavy atom. The molecule has 4 heterocycles. The molecule has 7 unspecified atom stereocenters. The lowest BCUT2D eigenvalue weighted by Crippen LogP contribution is -2.25. The van der Waals surface area contributed by atoms with Crippen molar-refractivity contribution in [2.24, 2.45) is 41.4 Å². The topological polar surface area (TPSA) is 173 Å². The second-order valence-corrected chi connectivity index (χ2v) is 10.1. The zero-order valence-electron chi connectivity index (χ0n) is 20.3. The number of hydrogen-bond donors (Lipinski definition) is 0. The maximum atomic E-state index is 12.4. The molecular weight excluding hydrogens is 492 g/mol. The van der Waals surface area contributed by atoms with Gasteiger partial charge < -0.3 is 18.9 Å². The fourth-order valence-electron chi connectivity index (χ4n) is 5.80. The standard InChI is InChI=1S/C25H28O12/c1-2-3-12-14(22(30)35-20(12)28)6-7-16-17(25(33)37-24(16)32)9-8-15-13(21(29)36-23(15)31)5-4-11-10-18(26)34-19(11)27/h11-17H,2-10H2,1H3. The number of carbonyl (C=O) groups is 8. The average molecular weight is 520 g/mol. The van der Waals surface area contributed by atoms with Gasteiger partial charge in [0.15, 0.2) is 0 Å². The van der Waals surface area contributed by atoms with Gasteiger partial charge in [0, 0.05) is 0 Å². The molecule has 4 fully saturated rings. The highest BCUT2D eigenvalue weighted by Crippen LogP contribution is 2.40. The van der Waals surface area contributed by atoms with Gasteiger partial charge in [-0.1, -0.05) is 13.3 Å². The van der Waals surface area contributed by atoms with E-state index in [-0.39, 0.29) is 44.9 Å². The summed E-state index contributed by atoms with van der Waals surface area (Å²) < 4.78 is 18.9. The van der Waals surface area contributed by atoms with Crippen molar-refractivity contribution < 1.29 is 57.3 Å². The van der Waals surface area contributed by atoms with E-state index in [1.807, 2.05) is 6.92 Å². The number of cyclic esters (lactones) is 8. The lowest BCUT2D eigenvalue weighted by molar-refractivity contribution is -0.156. The van der Waals surface area contributed by atoms with Crippen molar-refractivity contribution in [2.75, 3.05) is 0 Å². The third-order valence-electron chi connectivity index (χ3n) is 7.84. The number of hydrogen-bond acceptors (Lipinski definition) is 12. The van der Waals surface area contributed by atoms with Gasteiger partial charge in [-0.2, -0.15) is 0 Å². The van der Waals surface area contributed by atoms with E-state index in [1.165, 1.54) is 0 Å². The zero-order chi connectivity index (χ0) is 26.9. The fraction of sp³-hybridized carbons (Fsp3) is 0.680. The van der Waals surface area contributed by atoms with Crippen LogP contribution < -0.4 is 0 Å². The van der Waals surface area contributed by atoms with Crippen LogP contribution in [-0.4, -0.2) is 47.8 Å². The van der Waals surface area contributed by atoms with Crippen LogP contribution in [0.3, 0.4) is 0 Å². The Bertz CT molecular complexity index is 1040. The first-order valence-corrected chi connectivity index (χ1v) is 12.6. The first-order valence-electron chi connectivity index (χ1n) is 12.6. The van der Waals surface area contributed by atoms with Crippen LogP contribution in [0.25, 0.3) is 0 Å². The highest BCUT2D eigenvalue weighted by atomic mass is 16.6. The summed E-state index contributed by atoms with van der Waals surface area (Å²) in [6.45, 7) is 1.88. The Labute approximate surface area is 211 Å². The molecule has 4 saturated heterocycles. The van der Waals surface area contributed by atoms with Crippen LogP contribution in [0.2, 0.25) is 0 Å². The van der Waals surface area contributed by atoms with Crippen molar-refractivity contribution in [1.82, 2.24) is 0 Å². The van der Waals surface area contributed by atoms with Crippen LogP contribution >= 0.6 is 0 Å². The second kappa shape index (κ2) is 10.9. The maximum Gasteiger partial charge on any atom is 0.317 e. The molecule has 4 aliphatic rings. The number of rotatable bonds is 11. The van der Waals surface area contributed by atoms with Crippen molar-refractivity contribution in [3.8, 4) is 0 Å². The number of carbonyl (C=O) groups excluding carboxylic acids is 8. The molecule has 0 saturated carbocycles. The van der Waals surface area contributed by atoms with E-state index in [1.54, 1.807) is 0 Å². The van der Waals surface area contributed by atoms with Crippen molar-refractivity contribution in [2.45, 2.75) is 64.7 Å².